The topological polar surface area (TPSA) is 49.8 Å². The number of aromatic nitrogens is 2. The summed E-state index contributed by atoms with van der Waals surface area (Å²) >= 11 is 0. The number of nitrogens with one attached hydrogen (secondary N) is 2. The van der Waals surface area contributed by atoms with Gasteiger partial charge in [0.25, 0.3) is 0 Å². The van der Waals surface area contributed by atoms with E-state index in [1.165, 1.54) is 6.07 Å². The maximum absolute atomic E-state index is 13.2. The molecule has 0 aliphatic rings. The summed E-state index contributed by atoms with van der Waals surface area (Å²) in [6, 6.07) is 5.37. The Labute approximate surface area is 122 Å². The molecule has 2 rings (SSSR count). The van der Waals surface area contributed by atoms with Gasteiger partial charge in [-0.15, -0.1) is 0 Å². The fourth-order valence-electron chi connectivity index (χ4n) is 1.81. The number of unbranched alkanes of at least 4 members (excludes halogenated alkanes) is 1. The molecule has 6 heteroatoms. The predicted molar refractivity (Wildman–Crippen MR) is 79.8 cm³/mol. The summed E-state index contributed by atoms with van der Waals surface area (Å²) in [6.45, 7) is 4.75. The van der Waals surface area contributed by atoms with E-state index in [9.17, 15) is 8.78 Å². The maximum Gasteiger partial charge on any atom is 0.224 e. The summed E-state index contributed by atoms with van der Waals surface area (Å²) < 4.78 is 26.1. The number of hydrogen-bond acceptors (Lipinski definition) is 4. The van der Waals surface area contributed by atoms with Gasteiger partial charge in [0.15, 0.2) is 11.6 Å². The van der Waals surface area contributed by atoms with E-state index in [4.69, 9.17) is 0 Å². The third-order valence-electron chi connectivity index (χ3n) is 2.86. The van der Waals surface area contributed by atoms with Gasteiger partial charge in [0.2, 0.25) is 5.95 Å². The van der Waals surface area contributed by atoms with Crippen LogP contribution in [0.1, 0.15) is 25.5 Å². The molecule has 1 aromatic heterocycles. The van der Waals surface area contributed by atoms with E-state index in [-0.39, 0.29) is 0 Å². The van der Waals surface area contributed by atoms with E-state index in [0.717, 1.165) is 37.2 Å². The highest BCUT2D eigenvalue weighted by Crippen LogP contribution is 2.19. The lowest BCUT2D eigenvalue weighted by Crippen LogP contribution is -2.07. The Kier molecular flexibility index (Phi) is 5.03. The van der Waals surface area contributed by atoms with Gasteiger partial charge in [0, 0.05) is 30.1 Å². The second-order valence-electron chi connectivity index (χ2n) is 4.75. The van der Waals surface area contributed by atoms with Gasteiger partial charge in [-0.05, 0) is 25.5 Å². The molecule has 0 aliphatic carbocycles. The second-order valence-corrected chi connectivity index (χ2v) is 4.75. The predicted octanol–water partition coefficient (Wildman–Crippen LogP) is 4.02. The molecule has 2 N–H and O–H groups in total. The van der Waals surface area contributed by atoms with Crippen molar-refractivity contribution in [3.8, 4) is 0 Å². The molecule has 0 spiro atoms. The SMILES string of the molecule is CCCCNc1nc(C)cc(Nc2ccc(F)c(F)c2)n1. The summed E-state index contributed by atoms with van der Waals surface area (Å²) in [5, 5.41) is 6.08. The van der Waals surface area contributed by atoms with E-state index >= 15 is 0 Å². The van der Waals surface area contributed by atoms with Gasteiger partial charge in [0.1, 0.15) is 5.82 Å². The lowest BCUT2D eigenvalue weighted by atomic mass is 10.3. The molecule has 1 aromatic carbocycles. The Hall–Kier alpha value is -2.24. The fraction of sp³-hybridized carbons (Fsp3) is 0.333. The van der Waals surface area contributed by atoms with Gasteiger partial charge in [0.05, 0.1) is 0 Å². The normalized spacial score (nSPS) is 10.5. The molecule has 1 heterocycles. The smallest absolute Gasteiger partial charge is 0.224 e. The van der Waals surface area contributed by atoms with Crippen LogP contribution in [0.5, 0.6) is 0 Å². The van der Waals surface area contributed by atoms with Crippen molar-refractivity contribution >= 4 is 17.5 Å². The Morgan fingerprint density at radius 2 is 1.90 bits per heavy atom. The van der Waals surface area contributed by atoms with E-state index in [0.29, 0.717) is 17.5 Å². The summed E-state index contributed by atoms with van der Waals surface area (Å²) in [7, 11) is 0. The van der Waals surface area contributed by atoms with Gasteiger partial charge in [-0.2, -0.15) is 4.98 Å². The molecular formula is C15H18F2N4. The Morgan fingerprint density at radius 1 is 1.10 bits per heavy atom. The Bertz CT molecular complexity index is 617. The lowest BCUT2D eigenvalue weighted by molar-refractivity contribution is 0.509. The molecule has 0 unspecified atom stereocenters. The molecule has 0 atom stereocenters. The quantitative estimate of drug-likeness (QED) is 0.790. The van der Waals surface area contributed by atoms with Crippen LogP contribution in [0.25, 0.3) is 0 Å². The number of nitrogens with zero attached hydrogens (tertiary/aromatic N) is 2. The van der Waals surface area contributed by atoms with Crippen LogP contribution >= 0.6 is 0 Å². The van der Waals surface area contributed by atoms with Gasteiger partial charge in [-0.3, -0.25) is 0 Å². The molecule has 0 fully saturated rings. The zero-order valence-corrected chi connectivity index (χ0v) is 12.1. The Balaban J connectivity index is 2.13. The van der Waals surface area contributed by atoms with Crippen LogP contribution in [0.3, 0.4) is 0 Å². The van der Waals surface area contributed by atoms with Crippen LogP contribution < -0.4 is 10.6 Å². The van der Waals surface area contributed by atoms with Crippen molar-refractivity contribution in [2.45, 2.75) is 26.7 Å². The van der Waals surface area contributed by atoms with E-state index in [1.807, 2.05) is 6.92 Å². The second kappa shape index (κ2) is 6.97. The first-order valence-electron chi connectivity index (χ1n) is 6.90. The minimum atomic E-state index is -0.896. The van der Waals surface area contributed by atoms with Crippen molar-refractivity contribution in [3.05, 3.63) is 41.6 Å². The Morgan fingerprint density at radius 3 is 2.62 bits per heavy atom. The number of hydrogen-bond donors (Lipinski definition) is 2. The molecular weight excluding hydrogens is 274 g/mol. The molecule has 21 heavy (non-hydrogen) atoms. The lowest BCUT2D eigenvalue weighted by Gasteiger charge is -2.10. The average Bonchev–Trinajstić information content (AvgIpc) is 2.43. The van der Waals surface area contributed by atoms with E-state index in [2.05, 4.69) is 27.5 Å². The number of rotatable bonds is 6. The van der Waals surface area contributed by atoms with Crippen molar-refractivity contribution in [1.82, 2.24) is 9.97 Å². The zero-order chi connectivity index (χ0) is 15.2. The molecule has 0 saturated heterocycles. The highest BCUT2D eigenvalue weighted by Gasteiger charge is 2.05. The molecule has 0 bridgehead atoms. The maximum atomic E-state index is 13.2. The van der Waals surface area contributed by atoms with E-state index in [1.54, 1.807) is 6.07 Å². The van der Waals surface area contributed by atoms with Crippen molar-refractivity contribution in [3.63, 3.8) is 0 Å². The van der Waals surface area contributed by atoms with Crippen molar-refractivity contribution in [1.29, 1.82) is 0 Å². The first-order chi connectivity index (χ1) is 10.1. The highest BCUT2D eigenvalue weighted by atomic mass is 19.2. The van der Waals surface area contributed by atoms with Crippen LogP contribution in [0.2, 0.25) is 0 Å². The number of anilines is 3. The first-order valence-corrected chi connectivity index (χ1v) is 6.90. The number of benzene rings is 1. The van der Waals surface area contributed by atoms with Crippen LogP contribution in [-0.2, 0) is 0 Å². The molecule has 112 valence electrons. The third kappa shape index (κ3) is 4.37. The van der Waals surface area contributed by atoms with Gasteiger partial charge in [-0.1, -0.05) is 13.3 Å². The molecule has 4 nitrogen and oxygen atoms in total. The molecule has 0 aliphatic heterocycles. The number of aryl methyl sites for hydroxylation is 1. The van der Waals surface area contributed by atoms with Crippen LogP contribution in [0.4, 0.5) is 26.2 Å². The summed E-state index contributed by atoms with van der Waals surface area (Å²) in [6.07, 6.45) is 2.11. The summed E-state index contributed by atoms with van der Waals surface area (Å²) in [5.41, 5.74) is 1.22. The van der Waals surface area contributed by atoms with Crippen molar-refractivity contribution < 1.29 is 8.78 Å². The largest absolute Gasteiger partial charge is 0.354 e. The van der Waals surface area contributed by atoms with Crippen LogP contribution in [0.15, 0.2) is 24.3 Å². The van der Waals surface area contributed by atoms with Gasteiger partial charge < -0.3 is 10.6 Å². The molecule has 2 aromatic rings. The fourth-order valence-corrected chi connectivity index (χ4v) is 1.81. The zero-order valence-electron chi connectivity index (χ0n) is 12.1. The third-order valence-corrected chi connectivity index (χ3v) is 2.86. The van der Waals surface area contributed by atoms with Crippen LogP contribution in [0, 0.1) is 18.6 Å². The average molecular weight is 292 g/mol. The van der Waals surface area contributed by atoms with Crippen LogP contribution in [-0.4, -0.2) is 16.5 Å². The molecule has 0 amide bonds. The summed E-state index contributed by atoms with van der Waals surface area (Å²) in [4.78, 5) is 8.59. The summed E-state index contributed by atoms with van der Waals surface area (Å²) in [5.74, 6) is -0.713. The standard InChI is InChI=1S/C15H18F2N4/c1-3-4-7-18-15-19-10(2)8-14(21-15)20-11-5-6-12(16)13(17)9-11/h5-6,8-9H,3-4,7H2,1-2H3,(H2,18,19,20,21). The van der Waals surface area contributed by atoms with Gasteiger partial charge in [-0.25, -0.2) is 13.8 Å². The van der Waals surface area contributed by atoms with Gasteiger partial charge >= 0.3 is 0 Å². The monoisotopic (exact) mass is 292 g/mol. The van der Waals surface area contributed by atoms with Crippen molar-refractivity contribution in [2.24, 2.45) is 0 Å². The van der Waals surface area contributed by atoms with E-state index < -0.39 is 11.6 Å². The minimum Gasteiger partial charge on any atom is -0.354 e. The first kappa shape index (κ1) is 15.2. The minimum absolute atomic E-state index is 0.437. The highest BCUT2D eigenvalue weighted by molar-refractivity contribution is 5.57. The number of halogens is 2. The molecule has 0 saturated carbocycles. The molecule has 0 radical (unpaired) electrons. The van der Waals surface area contributed by atoms with Crippen molar-refractivity contribution in [2.75, 3.05) is 17.2 Å².